The lowest BCUT2D eigenvalue weighted by molar-refractivity contribution is 0.0656. The second-order valence-electron chi connectivity index (χ2n) is 10.6. The summed E-state index contributed by atoms with van der Waals surface area (Å²) in [6.07, 6.45) is 17.7. The molecule has 3 aliphatic carbocycles. The number of hydrogen-bond donors (Lipinski definition) is 0. The van der Waals surface area contributed by atoms with Crippen molar-refractivity contribution >= 4 is 0 Å². The molecule has 0 aliphatic heterocycles. The van der Waals surface area contributed by atoms with E-state index in [-0.39, 0.29) is 17.8 Å². The number of rotatable bonds is 6. The average molecular weight is 427 g/mol. The first-order valence-electron chi connectivity index (χ1n) is 12.8. The minimum absolute atomic E-state index is 0.171. The summed E-state index contributed by atoms with van der Waals surface area (Å²) >= 11 is 0. The van der Waals surface area contributed by atoms with Gasteiger partial charge in [0.2, 0.25) is 0 Å². The lowest BCUT2D eigenvalue weighted by Gasteiger charge is -2.42. The molecule has 0 heterocycles. The Morgan fingerprint density at radius 3 is 2.13 bits per heavy atom. The van der Waals surface area contributed by atoms with E-state index in [1.54, 1.807) is 0 Å². The molecule has 1 aromatic carbocycles. The van der Waals surface area contributed by atoms with Crippen molar-refractivity contribution in [1.29, 1.82) is 0 Å². The lowest BCUT2D eigenvalue weighted by atomic mass is 9.65. The van der Waals surface area contributed by atoms with Crippen LogP contribution in [0.25, 0.3) is 0 Å². The predicted octanol–water partition coefficient (Wildman–Crippen LogP) is 8.95. The molecule has 0 aromatic heterocycles. The van der Waals surface area contributed by atoms with E-state index in [1.807, 2.05) is 43.3 Å². The van der Waals surface area contributed by atoms with Crippen molar-refractivity contribution in [3.8, 4) is 0 Å². The molecule has 170 valence electrons. The summed E-state index contributed by atoms with van der Waals surface area (Å²) in [7, 11) is 0. The Morgan fingerprint density at radius 1 is 0.935 bits per heavy atom. The molecule has 0 bridgehead atoms. The van der Waals surface area contributed by atoms with Crippen LogP contribution >= 0.6 is 0 Å². The Labute approximate surface area is 188 Å². The maximum Gasteiger partial charge on any atom is 0.182 e. The smallest absolute Gasteiger partial charge is 0.182 e. The van der Waals surface area contributed by atoms with Crippen molar-refractivity contribution < 1.29 is 8.78 Å². The Kier molecular flexibility index (Phi) is 7.34. The number of hydrogen-bond acceptors (Lipinski definition) is 0. The maximum absolute atomic E-state index is 15.9. The SMILES string of the molecule is CCC[C@H]1CC[C@H](C2CCC(C(C)C3(F)C=CC(c4ccccc4)C=C3F)CC2)CC1. The minimum atomic E-state index is -1.94. The van der Waals surface area contributed by atoms with E-state index in [0.29, 0.717) is 0 Å². The second-order valence-corrected chi connectivity index (χ2v) is 10.6. The van der Waals surface area contributed by atoms with Gasteiger partial charge in [-0.3, -0.25) is 0 Å². The van der Waals surface area contributed by atoms with Gasteiger partial charge in [-0.05, 0) is 79.9 Å². The summed E-state index contributed by atoms with van der Waals surface area (Å²) in [5.74, 6) is 1.85. The molecule has 0 spiro atoms. The molecule has 0 nitrogen and oxygen atoms in total. The Morgan fingerprint density at radius 2 is 1.55 bits per heavy atom. The zero-order valence-electron chi connectivity index (χ0n) is 19.4. The molecule has 2 fully saturated rings. The lowest BCUT2D eigenvalue weighted by Crippen LogP contribution is -2.39. The van der Waals surface area contributed by atoms with Gasteiger partial charge in [0, 0.05) is 11.8 Å². The first-order valence-corrected chi connectivity index (χ1v) is 12.8. The highest BCUT2D eigenvalue weighted by Gasteiger charge is 2.45. The molecule has 3 atom stereocenters. The van der Waals surface area contributed by atoms with Gasteiger partial charge in [0.25, 0.3) is 0 Å². The van der Waals surface area contributed by atoms with Crippen LogP contribution in [0.3, 0.4) is 0 Å². The Balaban J connectivity index is 1.32. The van der Waals surface area contributed by atoms with Crippen LogP contribution in [0.4, 0.5) is 8.78 Å². The maximum atomic E-state index is 15.9. The van der Waals surface area contributed by atoms with Crippen molar-refractivity contribution in [2.24, 2.45) is 29.6 Å². The summed E-state index contributed by atoms with van der Waals surface area (Å²) in [6, 6.07) is 9.80. The molecular formula is C29H40F2. The third-order valence-electron chi connectivity index (χ3n) is 8.86. The molecule has 4 rings (SSSR count). The van der Waals surface area contributed by atoms with Crippen LogP contribution in [0.5, 0.6) is 0 Å². The van der Waals surface area contributed by atoms with Crippen LogP contribution in [0, 0.1) is 29.6 Å². The molecular weight excluding hydrogens is 386 g/mol. The van der Waals surface area contributed by atoms with Gasteiger partial charge in [-0.2, -0.15) is 0 Å². The number of allylic oxidation sites excluding steroid dienone is 4. The Hall–Kier alpha value is -1.44. The predicted molar refractivity (Wildman–Crippen MR) is 126 cm³/mol. The quantitative estimate of drug-likeness (QED) is 0.398. The standard InChI is InChI=1S/C29H40F2/c1-3-7-22-10-12-25(13-11-22)26-16-14-23(15-17-26)21(2)29(31)19-18-27(20-28(29)30)24-8-5-4-6-9-24/h4-6,8-9,18-23,25-27H,3,7,10-17H2,1-2H3/t21?,22-,23?,25-,26?,27?,29?. The highest BCUT2D eigenvalue weighted by atomic mass is 19.2. The fraction of sp³-hybridized carbons (Fsp3) is 0.655. The molecule has 2 saturated carbocycles. The van der Waals surface area contributed by atoms with Crippen LogP contribution in [0.2, 0.25) is 0 Å². The van der Waals surface area contributed by atoms with Gasteiger partial charge in [-0.15, -0.1) is 0 Å². The molecule has 0 amide bonds. The number of benzene rings is 1. The summed E-state index contributed by atoms with van der Waals surface area (Å²) < 4.78 is 30.9. The van der Waals surface area contributed by atoms with Gasteiger partial charge in [0.15, 0.2) is 5.67 Å². The van der Waals surface area contributed by atoms with Gasteiger partial charge >= 0.3 is 0 Å². The van der Waals surface area contributed by atoms with Crippen molar-refractivity contribution in [2.75, 3.05) is 0 Å². The second kappa shape index (κ2) is 10.0. The molecule has 0 radical (unpaired) electrons. The zero-order chi connectivity index (χ0) is 21.8. The van der Waals surface area contributed by atoms with E-state index in [0.717, 1.165) is 36.2 Å². The third-order valence-corrected chi connectivity index (χ3v) is 8.86. The van der Waals surface area contributed by atoms with E-state index < -0.39 is 11.5 Å². The summed E-state index contributed by atoms with van der Waals surface area (Å²) in [4.78, 5) is 0. The molecule has 2 heteroatoms. The van der Waals surface area contributed by atoms with E-state index in [4.69, 9.17) is 0 Å². The van der Waals surface area contributed by atoms with Gasteiger partial charge < -0.3 is 0 Å². The summed E-state index contributed by atoms with van der Waals surface area (Å²) in [5, 5.41) is 0. The first-order chi connectivity index (χ1) is 15.0. The average Bonchev–Trinajstić information content (AvgIpc) is 2.82. The highest BCUT2D eigenvalue weighted by molar-refractivity contribution is 5.38. The number of halogens is 2. The topological polar surface area (TPSA) is 0 Å². The van der Waals surface area contributed by atoms with Crippen LogP contribution in [-0.2, 0) is 0 Å². The molecule has 3 aliphatic rings. The largest absolute Gasteiger partial charge is 0.231 e. The third kappa shape index (κ3) is 4.99. The summed E-state index contributed by atoms with van der Waals surface area (Å²) in [5.41, 5.74) is -0.932. The number of alkyl halides is 1. The molecule has 31 heavy (non-hydrogen) atoms. The zero-order valence-corrected chi connectivity index (χ0v) is 19.4. The van der Waals surface area contributed by atoms with Crippen molar-refractivity contribution in [3.05, 3.63) is 60.0 Å². The molecule has 0 N–H and O–H groups in total. The van der Waals surface area contributed by atoms with Gasteiger partial charge in [0.05, 0.1) is 0 Å². The van der Waals surface area contributed by atoms with Crippen molar-refractivity contribution in [2.45, 2.75) is 89.6 Å². The van der Waals surface area contributed by atoms with E-state index >= 15 is 8.78 Å². The minimum Gasteiger partial charge on any atom is -0.231 e. The van der Waals surface area contributed by atoms with Crippen LogP contribution < -0.4 is 0 Å². The van der Waals surface area contributed by atoms with Crippen LogP contribution in [-0.4, -0.2) is 5.67 Å². The van der Waals surface area contributed by atoms with E-state index in [9.17, 15) is 0 Å². The van der Waals surface area contributed by atoms with Gasteiger partial charge in [-0.25, -0.2) is 8.78 Å². The van der Waals surface area contributed by atoms with E-state index in [1.165, 1.54) is 63.5 Å². The van der Waals surface area contributed by atoms with Gasteiger partial charge in [0.1, 0.15) is 5.83 Å². The molecule has 0 saturated heterocycles. The van der Waals surface area contributed by atoms with Crippen molar-refractivity contribution in [1.82, 2.24) is 0 Å². The molecule has 3 unspecified atom stereocenters. The summed E-state index contributed by atoms with van der Waals surface area (Å²) in [6.45, 7) is 4.23. The molecule has 1 aromatic rings. The Bertz CT molecular complexity index is 750. The van der Waals surface area contributed by atoms with E-state index in [2.05, 4.69) is 6.92 Å². The van der Waals surface area contributed by atoms with Crippen LogP contribution in [0.1, 0.15) is 89.5 Å². The first kappa shape index (κ1) is 22.7. The van der Waals surface area contributed by atoms with Crippen molar-refractivity contribution in [3.63, 3.8) is 0 Å². The fourth-order valence-corrected chi connectivity index (χ4v) is 6.73. The highest BCUT2D eigenvalue weighted by Crippen LogP contribution is 2.49. The normalized spacial score (nSPS) is 37.3. The monoisotopic (exact) mass is 426 g/mol. The van der Waals surface area contributed by atoms with Gasteiger partial charge in [-0.1, -0.05) is 75.9 Å². The van der Waals surface area contributed by atoms with Crippen LogP contribution in [0.15, 0.2) is 54.4 Å². The fourth-order valence-electron chi connectivity index (χ4n) is 6.73.